The number of benzene rings is 1. The number of likely N-dealkylation sites (N-methyl/N-ethyl adjacent to an activating group) is 1. The topological polar surface area (TPSA) is 62.9 Å². The Bertz CT molecular complexity index is 539. The number of anilines is 1. The molecule has 0 radical (unpaired) electrons. The standard InChI is InChI=1S/C14H19F3N4O.HI/c1-21-8-4-5-10(21)9-19-13(18)20-11-6-2-3-7-12(11)22-14(15,16)17;/h2-3,6-7,10H,4-5,8-9H2,1H3,(H3,18,19,20);1H. The molecule has 1 aromatic rings. The Morgan fingerprint density at radius 3 is 2.74 bits per heavy atom. The van der Waals surface area contributed by atoms with Gasteiger partial charge in [-0.05, 0) is 38.6 Å². The second kappa shape index (κ2) is 8.57. The molecule has 0 amide bonds. The summed E-state index contributed by atoms with van der Waals surface area (Å²) in [7, 11) is 2.02. The minimum absolute atomic E-state index is 0. The van der Waals surface area contributed by atoms with Crippen molar-refractivity contribution in [2.24, 2.45) is 10.7 Å². The molecule has 1 heterocycles. The lowest BCUT2D eigenvalue weighted by molar-refractivity contribution is -0.274. The summed E-state index contributed by atoms with van der Waals surface area (Å²) < 4.78 is 41.0. The van der Waals surface area contributed by atoms with E-state index in [4.69, 9.17) is 5.73 Å². The van der Waals surface area contributed by atoms with Crippen LogP contribution in [0.25, 0.3) is 0 Å². The van der Waals surface area contributed by atoms with E-state index in [9.17, 15) is 13.2 Å². The molecule has 1 saturated heterocycles. The van der Waals surface area contributed by atoms with Gasteiger partial charge in [0.05, 0.1) is 12.2 Å². The van der Waals surface area contributed by atoms with E-state index in [1.807, 2.05) is 7.05 Å². The van der Waals surface area contributed by atoms with Crippen LogP contribution < -0.4 is 15.8 Å². The van der Waals surface area contributed by atoms with Gasteiger partial charge in [0.1, 0.15) is 0 Å². The number of guanidine groups is 1. The van der Waals surface area contributed by atoms with Crippen LogP contribution in [0, 0.1) is 0 Å². The van der Waals surface area contributed by atoms with Gasteiger partial charge in [0.2, 0.25) is 0 Å². The molecule has 1 aromatic carbocycles. The maximum atomic E-state index is 12.3. The highest BCUT2D eigenvalue weighted by atomic mass is 127. The quantitative estimate of drug-likeness (QED) is 0.426. The summed E-state index contributed by atoms with van der Waals surface area (Å²) in [6.07, 6.45) is -2.59. The molecule has 0 aliphatic carbocycles. The largest absolute Gasteiger partial charge is 0.573 e. The van der Waals surface area contributed by atoms with Gasteiger partial charge in [-0.1, -0.05) is 12.1 Å². The van der Waals surface area contributed by atoms with E-state index in [2.05, 4.69) is 19.9 Å². The van der Waals surface area contributed by atoms with Crippen molar-refractivity contribution in [3.05, 3.63) is 24.3 Å². The zero-order valence-corrected chi connectivity index (χ0v) is 15.0. The smallest absolute Gasteiger partial charge is 0.404 e. The van der Waals surface area contributed by atoms with E-state index in [0.29, 0.717) is 12.6 Å². The SMILES string of the molecule is CN1CCCC1CN=C(N)Nc1ccccc1OC(F)(F)F.I. The number of halogens is 4. The van der Waals surface area contributed by atoms with Gasteiger partial charge in [-0.15, -0.1) is 37.1 Å². The van der Waals surface area contributed by atoms with Crippen LogP contribution in [0.2, 0.25) is 0 Å². The zero-order chi connectivity index (χ0) is 16.2. The van der Waals surface area contributed by atoms with Crippen LogP contribution >= 0.6 is 24.0 Å². The molecule has 130 valence electrons. The van der Waals surface area contributed by atoms with Gasteiger partial charge in [0, 0.05) is 6.04 Å². The van der Waals surface area contributed by atoms with Crippen molar-refractivity contribution in [3.8, 4) is 5.75 Å². The van der Waals surface area contributed by atoms with Gasteiger partial charge in [-0.2, -0.15) is 0 Å². The Balaban J connectivity index is 0.00000264. The predicted octanol–water partition coefficient (Wildman–Crippen LogP) is 3.02. The molecule has 9 heteroatoms. The Labute approximate surface area is 150 Å². The Morgan fingerprint density at radius 2 is 2.13 bits per heavy atom. The highest BCUT2D eigenvalue weighted by Gasteiger charge is 2.32. The van der Waals surface area contributed by atoms with E-state index >= 15 is 0 Å². The summed E-state index contributed by atoms with van der Waals surface area (Å²) >= 11 is 0. The van der Waals surface area contributed by atoms with Crippen molar-refractivity contribution in [2.75, 3.05) is 25.5 Å². The van der Waals surface area contributed by atoms with E-state index in [-0.39, 0.29) is 41.4 Å². The molecule has 2 rings (SSSR count). The average Bonchev–Trinajstić information content (AvgIpc) is 2.83. The van der Waals surface area contributed by atoms with Crippen LogP contribution in [-0.4, -0.2) is 43.4 Å². The average molecular weight is 444 g/mol. The van der Waals surface area contributed by atoms with Crippen LogP contribution in [0.3, 0.4) is 0 Å². The molecule has 5 nitrogen and oxygen atoms in total. The monoisotopic (exact) mass is 444 g/mol. The number of hydrogen-bond acceptors (Lipinski definition) is 3. The molecule has 0 aromatic heterocycles. The number of alkyl halides is 3. The van der Waals surface area contributed by atoms with Gasteiger partial charge in [0.25, 0.3) is 0 Å². The van der Waals surface area contributed by atoms with Crippen LogP contribution in [0.4, 0.5) is 18.9 Å². The summed E-state index contributed by atoms with van der Waals surface area (Å²) in [5, 5.41) is 2.66. The Morgan fingerprint density at radius 1 is 1.43 bits per heavy atom. The molecule has 0 saturated carbocycles. The van der Waals surface area contributed by atoms with Gasteiger partial charge in [0.15, 0.2) is 11.7 Å². The first-order chi connectivity index (χ1) is 10.3. The second-order valence-electron chi connectivity index (χ2n) is 5.17. The van der Waals surface area contributed by atoms with E-state index < -0.39 is 6.36 Å². The number of likely N-dealkylation sites (tertiary alicyclic amines) is 1. The normalized spacial score (nSPS) is 19.3. The lowest BCUT2D eigenvalue weighted by Crippen LogP contribution is -2.30. The van der Waals surface area contributed by atoms with Crippen LogP contribution in [0.15, 0.2) is 29.3 Å². The second-order valence-corrected chi connectivity index (χ2v) is 5.17. The van der Waals surface area contributed by atoms with E-state index in [1.165, 1.54) is 18.2 Å². The molecule has 23 heavy (non-hydrogen) atoms. The fourth-order valence-corrected chi connectivity index (χ4v) is 2.37. The lowest BCUT2D eigenvalue weighted by atomic mass is 10.2. The summed E-state index contributed by atoms with van der Waals surface area (Å²) in [6, 6.07) is 6.03. The molecule has 3 N–H and O–H groups in total. The number of nitrogens with one attached hydrogen (secondary N) is 1. The number of hydrogen-bond donors (Lipinski definition) is 2. The van der Waals surface area contributed by atoms with Crippen molar-refractivity contribution in [1.29, 1.82) is 0 Å². The summed E-state index contributed by atoms with van der Waals surface area (Å²) in [5.74, 6) is -0.273. The lowest BCUT2D eigenvalue weighted by Gasteiger charge is -2.18. The van der Waals surface area contributed by atoms with Crippen LogP contribution in [0.1, 0.15) is 12.8 Å². The first-order valence-corrected chi connectivity index (χ1v) is 6.97. The molecule has 0 bridgehead atoms. The molecular weight excluding hydrogens is 424 g/mol. The molecule has 1 aliphatic rings. The molecular formula is C14H20F3IN4O. The minimum Gasteiger partial charge on any atom is -0.404 e. The molecule has 1 unspecified atom stereocenters. The Hall–Kier alpha value is -1.23. The highest BCUT2D eigenvalue weighted by Crippen LogP contribution is 2.29. The number of nitrogens with two attached hydrogens (primary N) is 1. The first-order valence-electron chi connectivity index (χ1n) is 6.97. The molecule has 1 fully saturated rings. The number of nitrogens with zero attached hydrogens (tertiary/aromatic N) is 2. The summed E-state index contributed by atoms with van der Waals surface area (Å²) in [4.78, 5) is 6.39. The maximum absolute atomic E-state index is 12.3. The number of aliphatic imine (C=N–C) groups is 1. The summed E-state index contributed by atoms with van der Waals surface area (Å²) in [6.45, 7) is 1.54. The number of para-hydroxylation sites is 2. The zero-order valence-electron chi connectivity index (χ0n) is 12.6. The number of rotatable bonds is 4. The third-order valence-corrected chi connectivity index (χ3v) is 3.52. The molecule has 1 atom stereocenters. The number of ether oxygens (including phenoxy) is 1. The molecule has 0 spiro atoms. The first kappa shape index (κ1) is 19.8. The van der Waals surface area contributed by atoms with Crippen molar-refractivity contribution >= 4 is 35.6 Å². The van der Waals surface area contributed by atoms with Crippen molar-refractivity contribution in [1.82, 2.24) is 4.90 Å². The van der Waals surface area contributed by atoms with Gasteiger partial charge < -0.3 is 20.7 Å². The van der Waals surface area contributed by atoms with Crippen LogP contribution in [0.5, 0.6) is 5.75 Å². The van der Waals surface area contributed by atoms with Crippen molar-refractivity contribution in [3.63, 3.8) is 0 Å². The maximum Gasteiger partial charge on any atom is 0.573 e. The molecule has 1 aliphatic heterocycles. The fourth-order valence-electron chi connectivity index (χ4n) is 2.37. The minimum atomic E-state index is -4.75. The van der Waals surface area contributed by atoms with Gasteiger partial charge >= 0.3 is 6.36 Å². The van der Waals surface area contributed by atoms with E-state index in [0.717, 1.165) is 19.4 Å². The summed E-state index contributed by atoms with van der Waals surface area (Å²) in [5.41, 5.74) is 5.87. The third-order valence-electron chi connectivity index (χ3n) is 3.52. The van der Waals surface area contributed by atoms with E-state index in [1.54, 1.807) is 6.07 Å². The fraction of sp³-hybridized carbons (Fsp3) is 0.500. The Kier molecular flexibility index (Phi) is 7.39. The third kappa shape index (κ3) is 6.42. The van der Waals surface area contributed by atoms with Crippen molar-refractivity contribution in [2.45, 2.75) is 25.2 Å². The van der Waals surface area contributed by atoms with Gasteiger partial charge in [-0.25, -0.2) is 0 Å². The van der Waals surface area contributed by atoms with Gasteiger partial charge in [-0.3, -0.25) is 4.99 Å². The predicted molar refractivity (Wildman–Crippen MR) is 94.3 cm³/mol. The van der Waals surface area contributed by atoms with Crippen molar-refractivity contribution < 1.29 is 17.9 Å². The van der Waals surface area contributed by atoms with Crippen LogP contribution in [-0.2, 0) is 0 Å². The highest BCUT2D eigenvalue weighted by molar-refractivity contribution is 14.0.